The number of para-hydroxylation sites is 1. The largest absolute Gasteiger partial charge is 0.459 e. The Labute approximate surface area is 148 Å². The van der Waals surface area contributed by atoms with Gasteiger partial charge in [0.1, 0.15) is 11.3 Å². The molecule has 1 fully saturated rings. The molecule has 7 heteroatoms. The zero-order valence-corrected chi connectivity index (χ0v) is 15.6. The van der Waals surface area contributed by atoms with Crippen LogP contribution in [0, 0.1) is 5.92 Å². The summed E-state index contributed by atoms with van der Waals surface area (Å²) in [6, 6.07) is 9.47. The van der Waals surface area contributed by atoms with Gasteiger partial charge in [0.15, 0.2) is 0 Å². The van der Waals surface area contributed by atoms with Crippen LogP contribution in [0.2, 0.25) is 0 Å². The van der Waals surface area contributed by atoms with Gasteiger partial charge in [-0.2, -0.15) is 0 Å². The summed E-state index contributed by atoms with van der Waals surface area (Å²) >= 11 is 0. The lowest BCUT2D eigenvalue weighted by molar-refractivity contribution is -0.137. The van der Waals surface area contributed by atoms with Crippen LogP contribution in [0.4, 0.5) is 0 Å². The molecule has 1 amide bonds. The van der Waals surface area contributed by atoms with E-state index in [1.54, 1.807) is 11.9 Å². The molecule has 2 aromatic rings. The van der Waals surface area contributed by atoms with Crippen molar-refractivity contribution in [2.45, 2.75) is 25.8 Å². The molecule has 0 saturated carbocycles. The Morgan fingerprint density at radius 3 is 2.76 bits per heavy atom. The molecule has 0 N–H and O–H groups in total. The third-order valence-corrected chi connectivity index (χ3v) is 6.26. The van der Waals surface area contributed by atoms with E-state index < -0.39 is 10.0 Å². The van der Waals surface area contributed by atoms with Crippen LogP contribution >= 0.6 is 0 Å². The van der Waals surface area contributed by atoms with Crippen molar-refractivity contribution in [3.63, 3.8) is 0 Å². The van der Waals surface area contributed by atoms with Crippen LogP contribution in [0.15, 0.2) is 34.7 Å². The van der Waals surface area contributed by atoms with Crippen molar-refractivity contribution in [3.05, 3.63) is 36.1 Å². The van der Waals surface area contributed by atoms with Gasteiger partial charge in [-0.1, -0.05) is 18.2 Å². The molecule has 25 heavy (non-hydrogen) atoms. The van der Waals surface area contributed by atoms with E-state index in [1.165, 1.54) is 10.6 Å². The molecule has 1 aliphatic rings. The second-order valence-corrected chi connectivity index (χ2v) is 8.75. The first-order valence-corrected chi connectivity index (χ1v) is 10.3. The van der Waals surface area contributed by atoms with Crippen molar-refractivity contribution in [2.24, 2.45) is 5.92 Å². The van der Waals surface area contributed by atoms with Crippen LogP contribution in [0.3, 0.4) is 0 Å². The highest BCUT2D eigenvalue weighted by atomic mass is 32.2. The van der Waals surface area contributed by atoms with Crippen LogP contribution in [-0.2, 0) is 14.8 Å². The Morgan fingerprint density at radius 1 is 1.36 bits per heavy atom. The van der Waals surface area contributed by atoms with Crippen LogP contribution in [0.25, 0.3) is 11.0 Å². The Kier molecular flexibility index (Phi) is 4.88. The van der Waals surface area contributed by atoms with Gasteiger partial charge < -0.3 is 9.32 Å². The molecule has 0 radical (unpaired) electrons. The summed E-state index contributed by atoms with van der Waals surface area (Å²) in [7, 11) is -1.51. The number of furan rings is 1. The number of amides is 1. The summed E-state index contributed by atoms with van der Waals surface area (Å²) in [4.78, 5) is 14.5. The number of nitrogens with zero attached hydrogens (tertiary/aromatic N) is 2. The predicted octanol–water partition coefficient (Wildman–Crippen LogP) is 2.62. The summed E-state index contributed by atoms with van der Waals surface area (Å²) in [5.41, 5.74) is 0.797. The summed E-state index contributed by atoms with van der Waals surface area (Å²) in [5.74, 6) is 0.384. The van der Waals surface area contributed by atoms with E-state index in [4.69, 9.17) is 4.42 Å². The molecule has 2 unspecified atom stereocenters. The molecule has 1 saturated heterocycles. The zero-order chi connectivity index (χ0) is 18.2. The fraction of sp³-hybridized carbons (Fsp3) is 0.500. The fourth-order valence-electron chi connectivity index (χ4n) is 3.32. The average Bonchev–Trinajstić information content (AvgIpc) is 3.03. The van der Waals surface area contributed by atoms with Crippen molar-refractivity contribution in [1.82, 2.24) is 9.21 Å². The van der Waals surface area contributed by atoms with E-state index in [2.05, 4.69) is 0 Å². The smallest absolute Gasteiger partial charge is 0.227 e. The van der Waals surface area contributed by atoms with E-state index in [0.717, 1.165) is 16.7 Å². The zero-order valence-electron chi connectivity index (χ0n) is 14.8. The minimum Gasteiger partial charge on any atom is -0.459 e. The summed E-state index contributed by atoms with van der Waals surface area (Å²) in [5, 5.41) is 1.01. The van der Waals surface area contributed by atoms with Crippen molar-refractivity contribution in [3.8, 4) is 0 Å². The number of piperidine rings is 1. The maximum Gasteiger partial charge on any atom is 0.227 e. The van der Waals surface area contributed by atoms with E-state index >= 15 is 0 Å². The molecule has 6 nitrogen and oxygen atoms in total. The van der Waals surface area contributed by atoms with Gasteiger partial charge in [-0.05, 0) is 31.9 Å². The third kappa shape index (κ3) is 3.72. The molecular formula is C18H24N2O4S. The minimum atomic E-state index is -3.26. The molecule has 3 rings (SSSR count). The highest BCUT2D eigenvalue weighted by Gasteiger charge is 2.33. The monoisotopic (exact) mass is 364 g/mol. The summed E-state index contributed by atoms with van der Waals surface area (Å²) in [6.07, 6.45) is 2.61. The molecule has 1 aromatic heterocycles. The SMILES string of the molecule is CC(c1cc2ccccc2o1)N(C)C(=O)C1CCCN(S(C)(=O)=O)C1. The molecule has 2 atom stereocenters. The number of carbonyl (C=O) groups is 1. The number of rotatable bonds is 4. The second kappa shape index (κ2) is 6.80. The Balaban J connectivity index is 1.75. The topological polar surface area (TPSA) is 70.8 Å². The van der Waals surface area contributed by atoms with Crippen molar-refractivity contribution >= 4 is 26.9 Å². The predicted molar refractivity (Wildman–Crippen MR) is 96.5 cm³/mol. The number of carbonyl (C=O) groups excluding carboxylic acids is 1. The average molecular weight is 364 g/mol. The van der Waals surface area contributed by atoms with Crippen molar-refractivity contribution in [2.75, 3.05) is 26.4 Å². The van der Waals surface area contributed by atoms with Crippen LogP contribution in [0.1, 0.15) is 31.6 Å². The fourth-order valence-corrected chi connectivity index (χ4v) is 4.23. The van der Waals surface area contributed by atoms with E-state index in [9.17, 15) is 13.2 Å². The van der Waals surface area contributed by atoms with E-state index in [0.29, 0.717) is 19.4 Å². The molecule has 0 aliphatic carbocycles. The van der Waals surface area contributed by atoms with Crippen LogP contribution < -0.4 is 0 Å². The molecule has 2 heterocycles. The lowest BCUT2D eigenvalue weighted by Crippen LogP contribution is -2.45. The Hall–Kier alpha value is -1.86. The molecule has 0 bridgehead atoms. The second-order valence-electron chi connectivity index (χ2n) is 6.77. The van der Waals surface area contributed by atoms with Gasteiger partial charge in [0, 0.05) is 25.5 Å². The third-order valence-electron chi connectivity index (χ3n) is 4.99. The normalized spacial score (nSPS) is 20.5. The van der Waals surface area contributed by atoms with Gasteiger partial charge in [-0.15, -0.1) is 0 Å². The standard InChI is InChI=1S/C18H24N2O4S/c1-13(17-11-14-7-4-5-9-16(14)24-17)19(2)18(21)15-8-6-10-20(12-15)25(3,22)23/h4-5,7,9,11,13,15H,6,8,10,12H2,1-3H3. The van der Waals surface area contributed by atoms with Gasteiger partial charge in [0.25, 0.3) is 0 Å². The number of hydrogen-bond donors (Lipinski definition) is 0. The number of sulfonamides is 1. The van der Waals surface area contributed by atoms with Gasteiger partial charge in [0.2, 0.25) is 15.9 Å². The maximum atomic E-state index is 12.9. The minimum absolute atomic E-state index is 0.0405. The van der Waals surface area contributed by atoms with Crippen molar-refractivity contribution in [1.29, 1.82) is 0 Å². The van der Waals surface area contributed by atoms with E-state index in [1.807, 2.05) is 37.3 Å². The Morgan fingerprint density at radius 2 is 2.08 bits per heavy atom. The van der Waals surface area contributed by atoms with Gasteiger partial charge >= 0.3 is 0 Å². The lowest BCUT2D eigenvalue weighted by Gasteiger charge is -2.34. The number of hydrogen-bond acceptors (Lipinski definition) is 4. The molecule has 1 aromatic carbocycles. The van der Waals surface area contributed by atoms with Crippen LogP contribution in [0.5, 0.6) is 0 Å². The van der Waals surface area contributed by atoms with Crippen LogP contribution in [-0.4, -0.2) is 49.9 Å². The Bertz CT molecular complexity index is 841. The number of fused-ring (bicyclic) bond motifs is 1. The molecule has 136 valence electrons. The maximum absolute atomic E-state index is 12.9. The molecular weight excluding hydrogens is 340 g/mol. The molecule has 1 aliphatic heterocycles. The number of benzene rings is 1. The summed E-state index contributed by atoms with van der Waals surface area (Å²) < 4.78 is 30.8. The highest BCUT2D eigenvalue weighted by molar-refractivity contribution is 7.88. The van der Waals surface area contributed by atoms with Gasteiger partial charge in [0.05, 0.1) is 18.2 Å². The van der Waals surface area contributed by atoms with Gasteiger partial charge in [-0.25, -0.2) is 12.7 Å². The molecule has 0 spiro atoms. The summed E-state index contributed by atoms with van der Waals surface area (Å²) in [6.45, 7) is 2.67. The lowest BCUT2D eigenvalue weighted by atomic mass is 9.97. The van der Waals surface area contributed by atoms with E-state index in [-0.39, 0.29) is 24.4 Å². The first-order valence-electron chi connectivity index (χ1n) is 8.47. The quantitative estimate of drug-likeness (QED) is 0.836. The van der Waals surface area contributed by atoms with Gasteiger partial charge in [-0.3, -0.25) is 4.79 Å². The highest BCUT2D eigenvalue weighted by Crippen LogP contribution is 2.29. The van der Waals surface area contributed by atoms with Crippen molar-refractivity contribution < 1.29 is 17.6 Å². The first-order chi connectivity index (χ1) is 11.8. The first kappa shape index (κ1) is 17.9.